The largest absolute Gasteiger partial charge is 0.479 e. The molecule has 140 valence electrons. The average Bonchev–Trinajstić information content (AvgIpc) is 3.27. The maximum atomic E-state index is 12.9. The fraction of sp³-hybridized carbons (Fsp3) is 0.0952. The second-order valence-corrected chi connectivity index (χ2v) is 6.70. The second kappa shape index (κ2) is 9.35. The molecule has 0 spiro atoms. The normalized spacial score (nSPS) is 11.1. The van der Waals surface area contributed by atoms with E-state index in [9.17, 15) is 9.59 Å². The number of rotatable bonds is 7. The van der Waals surface area contributed by atoms with Gasteiger partial charge in [0.15, 0.2) is 6.61 Å². The van der Waals surface area contributed by atoms with Crippen molar-refractivity contribution in [3.8, 4) is 11.8 Å². The van der Waals surface area contributed by atoms with Gasteiger partial charge in [-0.1, -0.05) is 36.4 Å². The minimum absolute atomic E-state index is 0.0451. The van der Waals surface area contributed by atoms with Gasteiger partial charge in [0, 0.05) is 5.69 Å². The predicted molar refractivity (Wildman–Crippen MR) is 107 cm³/mol. The zero-order valence-electron chi connectivity index (χ0n) is 14.8. The number of ether oxygens (including phenoxy) is 1. The number of carbonyl (C=O) groups is 2. The maximum absolute atomic E-state index is 12.9. The molecular weight excluding hydrogens is 374 g/mol. The highest BCUT2D eigenvalue weighted by molar-refractivity contribution is 7.12. The molecule has 0 saturated carbocycles. The molecule has 3 rings (SSSR count). The minimum Gasteiger partial charge on any atom is -0.479 e. The van der Waals surface area contributed by atoms with Crippen LogP contribution in [0.15, 0.2) is 72.1 Å². The molecule has 6 nitrogen and oxygen atoms in total. The van der Waals surface area contributed by atoms with Gasteiger partial charge in [-0.05, 0) is 41.3 Å². The fourth-order valence-electron chi connectivity index (χ4n) is 2.52. The van der Waals surface area contributed by atoms with Crippen molar-refractivity contribution in [2.75, 3.05) is 11.9 Å². The third-order valence-corrected chi connectivity index (χ3v) is 4.71. The molecule has 7 heteroatoms. The number of thiophene rings is 1. The fourth-order valence-corrected chi connectivity index (χ4v) is 3.15. The molecule has 3 aromatic rings. The van der Waals surface area contributed by atoms with Crippen molar-refractivity contribution in [1.29, 1.82) is 5.26 Å². The first-order valence-corrected chi connectivity index (χ1v) is 9.35. The molecule has 1 heterocycles. The van der Waals surface area contributed by atoms with Crippen molar-refractivity contribution in [2.24, 2.45) is 0 Å². The summed E-state index contributed by atoms with van der Waals surface area (Å²) in [7, 11) is 0. The molecule has 0 fully saturated rings. The number of nitrogens with zero attached hydrogens (tertiary/aromatic N) is 1. The molecule has 0 bridgehead atoms. The van der Waals surface area contributed by atoms with E-state index in [0.717, 1.165) is 0 Å². The van der Waals surface area contributed by atoms with E-state index in [1.54, 1.807) is 48.5 Å². The van der Waals surface area contributed by atoms with Gasteiger partial charge in [-0.3, -0.25) is 9.59 Å². The second-order valence-electron chi connectivity index (χ2n) is 5.75. The van der Waals surface area contributed by atoms with E-state index in [4.69, 9.17) is 10.00 Å². The Morgan fingerprint density at radius 2 is 1.79 bits per heavy atom. The summed E-state index contributed by atoms with van der Waals surface area (Å²) in [5.41, 5.74) is 1.24. The average molecular weight is 391 g/mol. The van der Waals surface area contributed by atoms with Crippen LogP contribution in [0.3, 0.4) is 0 Å². The zero-order valence-corrected chi connectivity index (χ0v) is 15.6. The van der Waals surface area contributed by atoms with Crippen LogP contribution in [-0.4, -0.2) is 18.4 Å². The lowest BCUT2D eigenvalue weighted by Crippen LogP contribution is -2.36. The molecule has 28 heavy (non-hydrogen) atoms. The summed E-state index contributed by atoms with van der Waals surface area (Å²) in [5.74, 6) is -0.133. The summed E-state index contributed by atoms with van der Waals surface area (Å²) in [5, 5.41) is 16.0. The molecule has 2 aromatic carbocycles. The van der Waals surface area contributed by atoms with Gasteiger partial charge in [-0.25, -0.2) is 0 Å². The van der Waals surface area contributed by atoms with E-state index in [1.807, 2.05) is 29.6 Å². The lowest BCUT2D eigenvalue weighted by atomic mass is 10.1. The number of amides is 2. The Morgan fingerprint density at radius 3 is 2.43 bits per heavy atom. The van der Waals surface area contributed by atoms with Gasteiger partial charge in [-0.2, -0.15) is 5.26 Å². The maximum Gasteiger partial charge on any atom is 0.262 e. The highest BCUT2D eigenvalue weighted by atomic mass is 32.1. The summed E-state index contributed by atoms with van der Waals surface area (Å²) in [6.07, 6.45) is 0. The monoisotopic (exact) mass is 391 g/mol. The van der Waals surface area contributed by atoms with Gasteiger partial charge in [0.1, 0.15) is 17.9 Å². The van der Waals surface area contributed by atoms with Crippen molar-refractivity contribution >= 4 is 28.8 Å². The number of carbonyl (C=O) groups excluding carboxylic acids is 2. The van der Waals surface area contributed by atoms with Crippen molar-refractivity contribution < 1.29 is 14.3 Å². The van der Waals surface area contributed by atoms with Crippen molar-refractivity contribution in [1.82, 2.24) is 5.32 Å². The lowest BCUT2D eigenvalue weighted by molar-refractivity contribution is -0.118. The molecule has 0 saturated heterocycles. The van der Waals surface area contributed by atoms with Gasteiger partial charge in [0.25, 0.3) is 11.8 Å². The molecule has 0 radical (unpaired) electrons. The molecule has 0 aliphatic rings. The number of hydrogen-bond donors (Lipinski definition) is 2. The molecule has 2 amide bonds. The summed E-state index contributed by atoms with van der Waals surface area (Å²) in [6.45, 7) is -0.0451. The van der Waals surface area contributed by atoms with Gasteiger partial charge in [0.2, 0.25) is 0 Å². The molecule has 2 N–H and O–H groups in total. The predicted octanol–water partition coefficient (Wildman–Crippen LogP) is 3.76. The van der Waals surface area contributed by atoms with Crippen LogP contribution in [0.5, 0.6) is 5.75 Å². The zero-order chi connectivity index (χ0) is 19.8. The summed E-state index contributed by atoms with van der Waals surface area (Å²) in [4.78, 5) is 25.9. The number of anilines is 1. The van der Waals surface area contributed by atoms with E-state index >= 15 is 0 Å². The van der Waals surface area contributed by atoms with Gasteiger partial charge < -0.3 is 15.4 Å². The summed E-state index contributed by atoms with van der Waals surface area (Å²) >= 11 is 1.31. The van der Waals surface area contributed by atoms with Gasteiger partial charge in [-0.15, -0.1) is 11.3 Å². The van der Waals surface area contributed by atoms with Crippen LogP contribution in [0, 0.1) is 11.3 Å². The third kappa shape index (κ3) is 4.96. The molecule has 0 aliphatic carbocycles. The first kappa shape index (κ1) is 19.1. The Balaban J connectivity index is 1.75. The molecule has 1 unspecified atom stereocenters. The molecular formula is C21H17N3O3S. The standard InChI is InChI=1S/C21H17N3O3S/c22-12-13-27-17-10-8-16(9-11-17)23-21(26)19(15-5-2-1-3-6-15)24-20(25)18-7-4-14-28-18/h1-11,14,19H,13H2,(H,23,26)(H,24,25). The van der Waals surface area contributed by atoms with E-state index in [0.29, 0.717) is 21.9 Å². The van der Waals surface area contributed by atoms with Crippen molar-refractivity contribution in [2.45, 2.75) is 6.04 Å². The van der Waals surface area contributed by atoms with Crippen LogP contribution in [0.25, 0.3) is 0 Å². The topological polar surface area (TPSA) is 91.2 Å². The van der Waals surface area contributed by atoms with Crippen LogP contribution in [0.4, 0.5) is 5.69 Å². The number of nitrogens with one attached hydrogen (secondary N) is 2. The Kier molecular flexibility index (Phi) is 6.39. The Bertz CT molecular complexity index is 964. The van der Waals surface area contributed by atoms with Crippen LogP contribution in [-0.2, 0) is 4.79 Å². The SMILES string of the molecule is N#CCOc1ccc(NC(=O)C(NC(=O)c2cccs2)c2ccccc2)cc1. The van der Waals surface area contributed by atoms with Crippen molar-refractivity contribution in [3.63, 3.8) is 0 Å². The molecule has 1 atom stereocenters. The van der Waals surface area contributed by atoms with E-state index < -0.39 is 6.04 Å². The Hall–Kier alpha value is -3.63. The third-order valence-electron chi connectivity index (χ3n) is 3.84. The van der Waals surface area contributed by atoms with E-state index in [2.05, 4.69) is 10.6 Å². The van der Waals surface area contributed by atoms with Crippen LogP contribution in [0.1, 0.15) is 21.3 Å². The van der Waals surface area contributed by atoms with E-state index in [-0.39, 0.29) is 18.4 Å². The number of hydrogen-bond acceptors (Lipinski definition) is 5. The Morgan fingerprint density at radius 1 is 1.04 bits per heavy atom. The highest BCUT2D eigenvalue weighted by Crippen LogP contribution is 2.20. The van der Waals surface area contributed by atoms with Gasteiger partial charge >= 0.3 is 0 Å². The van der Waals surface area contributed by atoms with Crippen LogP contribution < -0.4 is 15.4 Å². The molecule has 1 aromatic heterocycles. The summed E-state index contributed by atoms with van der Waals surface area (Å²) < 4.78 is 5.20. The van der Waals surface area contributed by atoms with Crippen molar-refractivity contribution in [3.05, 3.63) is 82.6 Å². The van der Waals surface area contributed by atoms with Crippen LogP contribution in [0.2, 0.25) is 0 Å². The van der Waals surface area contributed by atoms with Gasteiger partial charge in [0.05, 0.1) is 4.88 Å². The number of benzene rings is 2. The molecule has 0 aliphatic heterocycles. The smallest absolute Gasteiger partial charge is 0.262 e. The first-order valence-electron chi connectivity index (χ1n) is 8.47. The lowest BCUT2D eigenvalue weighted by Gasteiger charge is -2.19. The van der Waals surface area contributed by atoms with E-state index in [1.165, 1.54) is 11.3 Å². The summed E-state index contributed by atoms with van der Waals surface area (Å²) in [6, 6.07) is 20.3. The number of nitriles is 1. The highest BCUT2D eigenvalue weighted by Gasteiger charge is 2.23. The van der Waals surface area contributed by atoms with Crippen LogP contribution >= 0.6 is 11.3 Å². The minimum atomic E-state index is -0.842. The first-order chi connectivity index (χ1) is 13.7. The Labute approximate surface area is 166 Å². The quantitative estimate of drug-likeness (QED) is 0.641.